The van der Waals surface area contributed by atoms with Gasteiger partial charge in [-0.25, -0.2) is 0 Å². The maximum absolute atomic E-state index is 5.15. The van der Waals surface area contributed by atoms with Crippen LogP contribution in [0.15, 0.2) is 36.3 Å². The molecule has 4 heteroatoms. The van der Waals surface area contributed by atoms with Crippen molar-refractivity contribution < 1.29 is 18.9 Å². The summed E-state index contributed by atoms with van der Waals surface area (Å²) in [6, 6.07) is 0. The first kappa shape index (κ1) is 14.7. The molecule has 0 rings (SSSR count). The zero-order valence-corrected chi connectivity index (χ0v) is 10.5. The Labute approximate surface area is 97.1 Å². The molecule has 0 bridgehead atoms. The predicted molar refractivity (Wildman–Crippen MR) is 62.8 cm³/mol. The molecule has 0 aliphatic rings. The molecule has 0 saturated carbocycles. The Morgan fingerprint density at radius 3 is 1.88 bits per heavy atom. The normalized spacial score (nSPS) is 12.1. The van der Waals surface area contributed by atoms with E-state index in [9.17, 15) is 0 Å². The Morgan fingerprint density at radius 2 is 1.44 bits per heavy atom. The van der Waals surface area contributed by atoms with Crippen molar-refractivity contribution in [3.63, 3.8) is 0 Å². The van der Waals surface area contributed by atoms with E-state index in [0.29, 0.717) is 5.95 Å². The van der Waals surface area contributed by atoms with Gasteiger partial charge >= 0.3 is 0 Å². The highest BCUT2D eigenvalue weighted by atomic mass is 16.7. The fourth-order valence-electron chi connectivity index (χ4n) is 0.867. The molecular weight excluding hydrogens is 208 g/mol. The zero-order valence-electron chi connectivity index (χ0n) is 10.5. The third kappa shape index (κ3) is 5.58. The number of rotatable bonds is 7. The average Bonchev–Trinajstić information content (AvgIpc) is 2.33. The van der Waals surface area contributed by atoms with Crippen molar-refractivity contribution in [3.05, 3.63) is 36.3 Å². The molecule has 0 heterocycles. The molecule has 4 nitrogen and oxygen atoms in total. The smallest absolute Gasteiger partial charge is 0.278 e. The third-order valence-corrected chi connectivity index (χ3v) is 2.07. The SMILES string of the molecule is COC(=CC=CC=CC(C)(OC)OC)OC. The van der Waals surface area contributed by atoms with Gasteiger partial charge in [0.1, 0.15) is 0 Å². The van der Waals surface area contributed by atoms with Gasteiger partial charge in [-0.05, 0) is 13.0 Å². The van der Waals surface area contributed by atoms with Crippen molar-refractivity contribution in [3.8, 4) is 0 Å². The maximum Gasteiger partial charge on any atom is 0.278 e. The van der Waals surface area contributed by atoms with Crippen molar-refractivity contribution >= 4 is 0 Å². The van der Waals surface area contributed by atoms with Crippen molar-refractivity contribution in [1.29, 1.82) is 0 Å². The van der Waals surface area contributed by atoms with Crippen LogP contribution in [-0.4, -0.2) is 34.2 Å². The second-order valence-electron chi connectivity index (χ2n) is 3.06. The van der Waals surface area contributed by atoms with Crippen molar-refractivity contribution in [1.82, 2.24) is 0 Å². The summed E-state index contributed by atoms with van der Waals surface area (Å²) in [5.41, 5.74) is 0. The number of allylic oxidation sites excluding steroid dienone is 4. The summed E-state index contributed by atoms with van der Waals surface area (Å²) in [7, 11) is 6.27. The minimum absolute atomic E-state index is 0.450. The lowest BCUT2D eigenvalue weighted by atomic mass is 10.3. The fourth-order valence-corrected chi connectivity index (χ4v) is 0.867. The molecular formula is C12H20O4. The van der Waals surface area contributed by atoms with Crippen LogP contribution < -0.4 is 0 Å². The maximum atomic E-state index is 5.15. The molecule has 92 valence electrons. The van der Waals surface area contributed by atoms with Crippen LogP contribution in [0.3, 0.4) is 0 Å². The average molecular weight is 228 g/mol. The highest BCUT2D eigenvalue weighted by Gasteiger charge is 2.16. The standard InChI is InChI=1S/C12H20O4/c1-12(15-4,16-5)10-8-6-7-9-11(13-2)14-3/h6-10H,1-5H3. The number of hydrogen-bond donors (Lipinski definition) is 0. The molecule has 16 heavy (non-hydrogen) atoms. The molecule has 0 radical (unpaired) electrons. The summed E-state index contributed by atoms with van der Waals surface area (Å²) in [4.78, 5) is 0. The van der Waals surface area contributed by atoms with Gasteiger partial charge in [-0.1, -0.05) is 18.2 Å². The Kier molecular flexibility index (Phi) is 7.33. The van der Waals surface area contributed by atoms with Crippen LogP contribution >= 0.6 is 0 Å². The number of hydrogen-bond acceptors (Lipinski definition) is 4. The fraction of sp³-hybridized carbons (Fsp3) is 0.500. The molecule has 0 aliphatic carbocycles. The number of ether oxygens (including phenoxy) is 4. The van der Waals surface area contributed by atoms with Gasteiger partial charge in [-0.15, -0.1) is 0 Å². The summed E-state index contributed by atoms with van der Waals surface area (Å²) >= 11 is 0. The van der Waals surface area contributed by atoms with E-state index >= 15 is 0 Å². The molecule has 0 saturated heterocycles. The molecule has 0 spiro atoms. The summed E-state index contributed by atoms with van der Waals surface area (Å²) in [5, 5.41) is 0. The van der Waals surface area contributed by atoms with Crippen LogP contribution in [0.5, 0.6) is 0 Å². The van der Waals surface area contributed by atoms with Crippen molar-refractivity contribution in [2.45, 2.75) is 12.7 Å². The molecule has 0 aromatic rings. The van der Waals surface area contributed by atoms with E-state index in [-0.39, 0.29) is 0 Å². The third-order valence-electron chi connectivity index (χ3n) is 2.07. The highest BCUT2D eigenvalue weighted by molar-refractivity contribution is 5.13. The van der Waals surface area contributed by atoms with E-state index in [1.807, 2.05) is 19.1 Å². The van der Waals surface area contributed by atoms with Crippen LogP contribution in [0.1, 0.15) is 6.92 Å². The Balaban J connectivity index is 4.28. The van der Waals surface area contributed by atoms with Crippen LogP contribution in [0.25, 0.3) is 0 Å². The van der Waals surface area contributed by atoms with Crippen LogP contribution in [0.4, 0.5) is 0 Å². The Morgan fingerprint density at radius 1 is 0.875 bits per heavy atom. The summed E-state index contributed by atoms with van der Waals surface area (Å²) in [6.07, 6.45) is 8.96. The summed E-state index contributed by atoms with van der Waals surface area (Å²) < 4.78 is 20.1. The van der Waals surface area contributed by atoms with E-state index in [1.54, 1.807) is 46.7 Å². The van der Waals surface area contributed by atoms with Crippen LogP contribution in [0, 0.1) is 0 Å². The van der Waals surface area contributed by atoms with Gasteiger partial charge in [0.25, 0.3) is 5.95 Å². The highest BCUT2D eigenvalue weighted by Crippen LogP contribution is 2.11. The van der Waals surface area contributed by atoms with Gasteiger partial charge in [-0.2, -0.15) is 0 Å². The lowest BCUT2D eigenvalue weighted by Crippen LogP contribution is -2.26. The Hall–Kier alpha value is -1.26. The van der Waals surface area contributed by atoms with E-state index in [4.69, 9.17) is 18.9 Å². The second kappa shape index (κ2) is 7.96. The molecule has 0 aliphatic heterocycles. The van der Waals surface area contributed by atoms with Crippen LogP contribution in [0.2, 0.25) is 0 Å². The molecule has 0 atom stereocenters. The molecule has 0 aromatic carbocycles. The number of methoxy groups -OCH3 is 4. The van der Waals surface area contributed by atoms with Gasteiger partial charge in [-0.3, -0.25) is 0 Å². The van der Waals surface area contributed by atoms with Gasteiger partial charge < -0.3 is 18.9 Å². The van der Waals surface area contributed by atoms with Gasteiger partial charge in [0, 0.05) is 20.3 Å². The largest absolute Gasteiger partial charge is 0.469 e. The lowest BCUT2D eigenvalue weighted by molar-refractivity contribution is -0.155. The summed E-state index contributed by atoms with van der Waals surface area (Å²) in [5.74, 6) is -0.245. The molecule has 0 N–H and O–H groups in total. The minimum Gasteiger partial charge on any atom is -0.469 e. The minimum atomic E-state index is -0.695. The quantitative estimate of drug-likeness (QED) is 0.380. The first-order valence-corrected chi connectivity index (χ1v) is 4.86. The lowest BCUT2D eigenvalue weighted by Gasteiger charge is -2.21. The van der Waals surface area contributed by atoms with Crippen molar-refractivity contribution in [2.75, 3.05) is 28.4 Å². The predicted octanol–water partition coefficient (Wildman–Crippen LogP) is 2.24. The van der Waals surface area contributed by atoms with E-state index < -0.39 is 5.79 Å². The van der Waals surface area contributed by atoms with Gasteiger partial charge in [0.05, 0.1) is 14.2 Å². The second-order valence-corrected chi connectivity index (χ2v) is 3.06. The van der Waals surface area contributed by atoms with E-state index in [2.05, 4.69) is 0 Å². The Bertz CT molecular complexity index is 256. The summed E-state index contributed by atoms with van der Waals surface area (Å²) in [6.45, 7) is 1.82. The van der Waals surface area contributed by atoms with Crippen LogP contribution in [-0.2, 0) is 18.9 Å². The first-order chi connectivity index (χ1) is 7.61. The monoisotopic (exact) mass is 228 g/mol. The molecule has 0 fully saturated rings. The van der Waals surface area contributed by atoms with E-state index in [0.717, 1.165) is 0 Å². The van der Waals surface area contributed by atoms with E-state index in [1.165, 1.54) is 0 Å². The first-order valence-electron chi connectivity index (χ1n) is 4.86. The topological polar surface area (TPSA) is 36.9 Å². The van der Waals surface area contributed by atoms with Gasteiger partial charge in [0.15, 0.2) is 5.79 Å². The zero-order chi connectivity index (χ0) is 12.4. The molecule has 0 unspecified atom stereocenters. The van der Waals surface area contributed by atoms with Gasteiger partial charge in [0.2, 0.25) is 0 Å². The van der Waals surface area contributed by atoms with Crippen molar-refractivity contribution in [2.24, 2.45) is 0 Å². The molecule has 0 amide bonds. The molecule has 0 aromatic heterocycles.